The van der Waals surface area contributed by atoms with E-state index in [1.807, 2.05) is 0 Å². The van der Waals surface area contributed by atoms with Gasteiger partial charge < -0.3 is 4.90 Å². The molecule has 2 aromatic rings. The highest BCUT2D eigenvalue weighted by atomic mass is 35.5. The molecule has 4 nitrogen and oxygen atoms in total. The van der Waals surface area contributed by atoms with Crippen LogP contribution in [-0.2, 0) is 38.6 Å². The quantitative estimate of drug-likeness (QED) is 0.406. The number of hydrogen-bond donors (Lipinski definition) is 0. The fourth-order valence-electron chi connectivity index (χ4n) is 6.67. The second kappa shape index (κ2) is 9.72. The smallest absolute Gasteiger partial charge is 0.339 e. The van der Waals surface area contributed by atoms with E-state index in [-0.39, 0.29) is 41.3 Å². The Balaban J connectivity index is 1.54. The third-order valence-corrected chi connectivity index (χ3v) is 10.9. The van der Waals surface area contributed by atoms with E-state index in [1.54, 1.807) is 17.0 Å². The summed E-state index contributed by atoms with van der Waals surface area (Å²) in [7, 11) is -3.15. The number of aryl methyl sites for hydroxylation is 1. The van der Waals surface area contributed by atoms with Gasteiger partial charge in [0.1, 0.15) is 15.7 Å². The third-order valence-electron chi connectivity index (χ3n) is 8.91. The lowest BCUT2D eigenvalue weighted by atomic mass is 9.63. The number of hydrogen-bond acceptors (Lipinski definition) is 3. The highest BCUT2D eigenvalue weighted by Crippen LogP contribution is 2.51. The molecule has 212 valence electrons. The van der Waals surface area contributed by atoms with Crippen molar-refractivity contribution in [3.8, 4) is 0 Å². The van der Waals surface area contributed by atoms with E-state index < -0.39 is 44.4 Å². The van der Waals surface area contributed by atoms with Gasteiger partial charge in [-0.1, -0.05) is 35.9 Å². The van der Waals surface area contributed by atoms with E-state index in [2.05, 4.69) is 0 Å². The summed E-state index contributed by atoms with van der Waals surface area (Å²) in [6.07, 6.45) is -2.88. The first-order chi connectivity index (χ1) is 18.1. The van der Waals surface area contributed by atoms with Crippen LogP contribution in [0.15, 0.2) is 36.4 Å². The van der Waals surface area contributed by atoms with Gasteiger partial charge in [0.25, 0.3) is 0 Å². The molecule has 0 radical (unpaired) electrons. The van der Waals surface area contributed by atoms with Crippen molar-refractivity contribution in [1.29, 1.82) is 0 Å². The van der Waals surface area contributed by atoms with Crippen LogP contribution in [0.25, 0.3) is 0 Å². The number of amides is 1. The molecule has 3 unspecified atom stereocenters. The minimum atomic E-state index is -5.08. The maximum Gasteiger partial charge on any atom is 0.426 e. The van der Waals surface area contributed by atoms with Crippen molar-refractivity contribution in [3.63, 3.8) is 0 Å². The Morgan fingerprint density at radius 2 is 1.77 bits per heavy atom. The molecule has 1 aliphatic carbocycles. The monoisotopic (exact) mass is 589 g/mol. The van der Waals surface area contributed by atoms with Crippen LogP contribution in [0.3, 0.4) is 0 Å². The SMILES string of the molecule is CC(F)(c1ccc2c(c1)CCC1N(C(=O)C3CCS(=O)(=O)CC3)CCC21Cc1ccc(F)c(Cl)c1)C(F)(F)F. The molecule has 2 fully saturated rings. The minimum Gasteiger partial charge on any atom is -0.339 e. The zero-order valence-corrected chi connectivity index (χ0v) is 22.9. The summed E-state index contributed by atoms with van der Waals surface area (Å²) in [6.45, 7) is 0.906. The van der Waals surface area contributed by atoms with Crippen LogP contribution in [0.5, 0.6) is 0 Å². The minimum absolute atomic E-state index is 0.0338. The number of carbonyl (C=O) groups is 1. The molecule has 5 rings (SSSR count). The molecule has 2 aliphatic heterocycles. The summed E-state index contributed by atoms with van der Waals surface area (Å²) in [5.41, 5.74) is -2.62. The third kappa shape index (κ3) is 4.96. The molecule has 2 saturated heterocycles. The van der Waals surface area contributed by atoms with E-state index in [0.29, 0.717) is 50.3 Å². The Hall–Kier alpha value is -2.20. The number of sulfone groups is 1. The standard InChI is InChI=1S/C28H29ClF5NO3S/c1-26(31,28(32,33)34)20-4-5-21-19(15-20)3-7-24-27(21,16-17-2-6-23(30)22(29)14-17)10-11-35(24)25(36)18-8-12-39(37,38)13-9-18/h2,4-6,14-15,18,24H,3,7-13,16H2,1H3. The van der Waals surface area contributed by atoms with Crippen LogP contribution in [0.2, 0.25) is 5.02 Å². The first-order valence-electron chi connectivity index (χ1n) is 13.0. The van der Waals surface area contributed by atoms with Crippen LogP contribution in [0, 0.1) is 11.7 Å². The zero-order chi connectivity index (χ0) is 28.4. The summed E-state index contributed by atoms with van der Waals surface area (Å²) >= 11 is 6.05. The van der Waals surface area contributed by atoms with Gasteiger partial charge in [0.2, 0.25) is 11.6 Å². The maximum atomic E-state index is 14.8. The highest BCUT2D eigenvalue weighted by Gasteiger charge is 2.56. The van der Waals surface area contributed by atoms with E-state index in [4.69, 9.17) is 11.6 Å². The van der Waals surface area contributed by atoms with E-state index in [0.717, 1.165) is 5.56 Å². The van der Waals surface area contributed by atoms with E-state index in [1.165, 1.54) is 24.3 Å². The number of alkyl halides is 4. The van der Waals surface area contributed by atoms with Crippen LogP contribution in [0.4, 0.5) is 22.0 Å². The molecule has 11 heteroatoms. The van der Waals surface area contributed by atoms with Crippen molar-refractivity contribution in [3.05, 3.63) is 69.5 Å². The Labute approximate surface area is 229 Å². The Morgan fingerprint density at radius 1 is 1.08 bits per heavy atom. The number of rotatable bonds is 4. The Bertz CT molecular complexity index is 1400. The van der Waals surface area contributed by atoms with Crippen LogP contribution < -0.4 is 0 Å². The summed E-state index contributed by atoms with van der Waals surface area (Å²) in [5.74, 6) is -1.16. The average Bonchev–Trinajstić information content (AvgIpc) is 3.24. The maximum absolute atomic E-state index is 14.8. The van der Waals surface area contributed by atoms with Crippen LogP contribution >= 0.6 is 11.6 Å². The van der Waals surface area contributed by atoms with E-state index in [9.17, 15) is 35.2 Å². The van der Waals surface area contributed by atoms with Crippen molar-refractivity contribution < 1.29 is 35.2 Å². The molecule has 3 aliphatic rings. The number of carbonyl (C=O) groups excluding carboxylic acids is 1. The van der Waals surface area contributed by atoms with Gasteiger partial charge in [0, 0.05) is 23.9 Å². The summed E-state index contributed by atoms with van der Waals surface area (Å²) in [4.78, 5) is 15.5. The summed E-state index contributed by atoms with van der Waals surface area (Å²) in [6, 6.07) is 8.09. The zero-order valence-electron chi connectivity index (χ0n) is 21.3. The van der Waals surface area contributed by atoms with Gasteiger partial charge in [-0.05, 0) is 79.8 Å². The predicted octanol–water partition coefficient (Wildman–Crippen LogP) is 6.08. The van der Waals surface area contributed by atoms with Gasteiger partial charge in [-0.2, -0.15) is 13.2 Å². The van der Waals surface area contributed by atoms with Crippen molar-refractivity contribution in [2.75, 3.05) is 18.1 Å². The Morgan fingerprint density at radius 3 is 2.41 bits per heavy atom. The van der Waals surface area contributed by atoms with Crippen molar-refractivity contribution in [2.24, 2.45) is 5.92 Å². The van der Waals surface area contributed by atoms with Gasteiger partial charge >= 0.3 is 6.18 Å². The first kappa shape index (κ1) is 28.3. The molecule has 0 N–H and O–H groups in total. The van der Waals surface area contributed by atoms with Crippen LogP contribution in [0.1, 0.15) is 54.9 Å². The fraction of sp³-hybridized carbons (Fsp3) is 0.536. The predicted molar refractivity (Wildman–Crippen MR) is 138 cm³/mol. The van der Waals surface area contributed by atoms with Crippen molar-refractivity contribution in [2.45, 2.75) is 68.8 Å². The molecule has 39 heavy (non-hydrogen) atoms. The lowest BCUT2D eigenvalue weighted by Crippen LogP contribution is -2.51. The second-order valence-corrected chi connectivity index (χ2v) is 13.9. The molecule has 0 aromatic heterocycles. The topological polar surface area (TPSA) is 54.5 Å². The van der Waals surface area contributed by atoms with Crippen molar-refractivity contribution in [1.82, 2.24) is 4.90 Å². The molecule has 3 atom stereocenters. The molecular formula is C28H29ClF5NO3S. The number of benzene rings is 2. The normalized spacial score (nSPS) is 26.5. The van der Waals surface area contributed by atoms with Gasteiger partial charge in [0.15, 0.2) is 0 Å². The number of likely N-dealkylation sites (tertiary alicyclic amines) is 1. The van der Waals surface area contributed by atoms with E-state index >= 15 is 0 Å². The lowest BCUT2D eigenvalue weighted by Gasteiger charge is -2.44. The largest absolute Gasteiger partial charge is 0.426 e. The number of fused-ring (bicyclic) bond motifs is 3. The number of halogens is 6. The molecule has 2 heterocycles. The first-order valence-corrected chi connectivity index (χ1v) is 15.2. The average molecular weight is 590 g/mol. The molecule has 0 bridgehead atoms. The molecular weight excluding hydrogens is 561 g/mol. The van der Waals surface area contributed by atoms with Crippen LogP contribution in [-0.4, -0.2) is 49.5 Å². The van der Waals surface area contributed by atoms with Gasteiger partial charge in [-0.25, -0.2) is 17.2 Å². The molecule has 1 amide bonds. The lowest BCUT2D eigenvalue weighted by molar-refractivity contribution is -0.228. The molecule has 0 spiro atoms. The second-order valence-electron chi connectivity index (χ2n) is 11.2. The van der Waals surface area contributed by atoms with Gasteiger partial charge in [-0.15, -0.1) is 0 Å². The van der Waals surface area contributed by atoms with Gasteiger partial charge in [-0.3, -0.25) is 4.79 Å². The number of nitrogens with zero attached hydrogens (tertiary/aromatic N) is 1. The Kier molecular flexibility index (Phi) is 7.06. The fourth-order valence-corrected chi connectivity index (χ4v) is 8.37. The molecule has 2 aromatic carbocycles. The highest BCUT2D eigenvalue weighted by molar-refractivity contribution is 7.91. The summed E-state index contributed by atoms with van der Waals surface area (Å²) < 4.78 is 93.0. The van der Waals surface area contributed by atoms with Gasteiger partial charge in [0.05, 0.1) is 16.5 Å². The summed E-state index contributed by atoms with van der Waals surface area (Å²) in [5, 5.41) is -0.0560. The molecule has 0 saturated carbocycles. The van der Waals surface area contributed by atoms with Crippen molar-refractivity contribution >= 4 is 27.3 Å².